The highest BCUT2D eigenvalue weighted by Gasteiger charge is 2.32. The molecule has 0 atom stereocenters. The molecule has 25 heavy (non-hydrogen) atoms. The first-order valence-electron chi connectivity index (χ1n) is 7.31. The van der Waals surface area contributed by atoms with E-state index in [-0.39, 0.29) is 17.0 Å². The Bertz CT molecular complexity index is 979. The summed E-state index contributed by atoms with van der Waals surface area (Å²) in [5.74, 6) is -1.19. The number of esters is 1. The number of rotatable bonds is 3. The van der Waals surface area contributed by atoms with Gasteiger partial charge in [0.05, 0.1) is 18.4 Å². The quantitative estimate of drug-likeness (QED) is 0.687. The van der Waals surface area contributed by atoms with Crippen LogP contribution >= 0.6 is 0 Å². The number of Topliss-reactive ketones (excluding diaryl/α,β-unsaturated/α-hetero) is 1. The zero-order valence-corrected chi connectivity index (χ0v) is 13.2. The topological polar surface area (TPSA) is 99.8 Å². The molecule has 2 aromatic carbocycles. The van der Waals surface area contributed by atoms with Gasteiger partial charge in [-0.2, -0.15) is 5.26 Å². The molecule has 0 fully saturated rings. The van der Waals surface area contributed by atoms with E-state index in [2.05, 4.69) is 9.73 Å². The number of carbonyl (C=O) groups excluding carboxylic acids is 2. The predicted molar refractivity (Wildman–Crippen MR) is 90.8 cm³/mol. The number of ether oxygens (including phenoxy) is 1. The van der Waals surface area contributed by atoms with Crippen molar-refractivity contribution >= 4 is 28.9 Å². The van der Waals surface area contributed by atoms with E-state index in [0.717, 1.165) is 0 Å². The van der Waals surface area contributed by atoms with Gasteiger partial charge in [-0.05, 0) is 24.3 Å². The summed E-state index contributed by atoms with van der Waals surface area (Å²) in [6.45, 7) is 0. The molecule has 0 aromatic heterocycles. The van der Waals surface area contributed by atoms with Crippen molar-refractivity contribution in [2.24, 2.45) is 4.99 Å². The lowest BCUT2D eigenvalue weighted by Gasteiger charge is -2.02. The highest BCUT2D eigenvalue weighted by Crippen LogP contribution is 2.32. The molecule has 1 aliphatic rings. The number of aliphatic hydroxyl groups excluding tert-OH is 1. The van der Waals surface area contributed by atoms with E-state index < -0.39 is 11.8 Å². The van der Waals surface area contributed by atoms with Crippen molar-refractivity contribution in [1.82, 2.24) is 0 Å². The van der Waals surface area contributed by atoms with E-state index in [1.54, 1.807) is 24.3 Å². The van der Waals surface area contributed by atoms with Crippen LogP contribution in [0.4, 0.5) is 5.69 Å². The Morgan fingerprint density at radius 1 is 1.12 bits per heavy atom. The fraction of sp³-hybridized carbons (Fsp3) is 0.0526. The first-order chi connectivity index (χ1) is 12.1. The summed E-state index contributed by atoms with van der Waals surface area (Å²) in [5.41, 5.74) is 1.11. The van der Waals surface area contributed by atoms with E-state index in [1.165, 1.54) is 31.4 Å². The maximum Gasteiger partial charge on any atom is 0.337 e. The predicted octanol–water partition coefficient (Wildman–Crippen LogP) is 3.23. The van der Waals surface area contributed by atoms with Crippen LogP contribution in [0.25, 0.3) is 5.76 Å². The number of carbonyl (C=O) groups is 2. The minimum absolute atomic E-state index is 0.124. The molecule has 0 saturated heterocycles. The van der Waals surface area contributed by atoms with Crippen molar-refractivity contribution in [3.63, 3.8) is 0 Å². The number of allylic oxidation sites excluding steroid dienone is 1. The minimum atomic E-state index is -0.488. The van der Waals surface area contributed by atoms with Gasteiger partial charge in [-0.1, -0.05) is 24.3 Å². The van der Waals surface area contributed by atoms with Gasteiger partial charge in [0.1, 0.15) is 17.4 Å². The molecule has 2 aromatic rings. The molecule has 0 aliphatic heterocycles. The van der Waals surface area contributed by atoms with Crippen LogP contribution in [-0.2, 0) is 4.74 Å². The van der Waals surface area contributed by atoms with Crippen molar-refractivity contribution in [1.29, 1.82) is 5.26 Å². The third-order valence-corrected chi connectivity index (χ3v) is 3.76. The molecule has 0 saturated carbocycles. The molecule has 0 amide bonds. The van der Waals surface area contributed by atoms with Gasteiger partial charge in [0.25, 0.3) is 0 Å². The summed E-state index contributed by atoms with van der Waals surface area (Å²) < 4.78 is 4.61. The lowest BCUT2D eigenvalue weighted by atomic mass is 10.1. The zero-order valence-electron chi connectivity index (χ0n) is 13.2. The van der Waals surface area contributed by atoms with Gasteiger partial charge in [0.2, 0.25) is 0 Å². The Hall–Kier alpha value is -3.72. The number of ketones is 1. The van der Waals surface area contributed by atoms with Gasteiger partial charge in [0, 0.05) is 11.1 Å². The summed E-state index contributed by atoms with van der Waals surface area (Å²) in [6, 6.07) is 14.5. The Morgan fingerprint density at radius 3 is 2.32 bits per heavy atom. The van der Waals surface area contributed by atoms with Gasteiger partial charge >= 0.3 is 5.97 Å². The average molecular weight is 332 g/mol. The smallest absolute Gasteiger partial charge is 0.337 e. The number of hydrogen-bond acceptors (Lipinski definition) is 6. The second kappa shape index (κ2) is 6.42. The number of hydrogen-bond donors (Lipinski definition) is 1. The summed E-state index contributed by atoms with van der Waals surface area (Å²) in [4.78, 5) is 28.0. The van der Waals surface area contributed by atoms with Crippen molar-refractivity contribution in [3.8, 4) is 6.07 Å². The SMILES string of the molecule is COC(=O)c1ccc(N=C(C#N)C2=C(O)c3ccccc3C2=O)cc1. The molecule has 6 heteroatoms. The molecule has 1 N–H and O–H groups in total. The number of benzene rings is 2. The van der Waals surface area contributed by atoms with Crippen LogP contribution in [0.3, 0.4) is 0 Å². The van der Waals surface area contributed by atoms with Crippen LogP contribution in [-0.4, -0.2) is 29.7 Å². The number of aliphatic imine (C=N–C) groups is 1. The lowest BCUT2D eigenvalue weighted by molar-refractivity contribution is 0.0600. The number of methoxy groups -OCH3 is 1. The third-order valence-electron chi connectivity index (χ3n) is 3.76. The van der Waals surface area contributed by atoms with Crippen LogP contribution in [0.5, 0.6) is 0 Å². The number of nitrogens with zero attached hydrogens (tertiary/aromatic N) is 2. The largest absolute Gasteiger partial charge is 0.506 e. The Kier molecular flexibility index (Phi) is 4.14. The van der Waals surface area contributed by atoms with Crippen molar-refractivity contribution < 1.29 is 19.4 Å². The van der Waals surface area contributed by atoms with E-state index in [0.29, 0.717) is 22.4 Å². The molecular formula is C19H12N2O4. The fourth-order valence-electron chi connectivity index (χ4n) is 2.54. The number of aliphatic hydroxyl groups is 1. The molecule has 0 heterocycles. The summed E-state index contributed by atoms with van der Waals surface area (Å²) in [5, 5.41) is 19.7. The van der Waals surface area contributed by atoms with Crippen molar-refractivity contribution in [2.45, 2.75) is 0 Å². The first kappa shape index (κ1) is 16.1. The standard InChI is InChI=1S/C19H12N2O4/c1-25-19(24)11-6-8-12(9-7-11)21-15(10-20)16-17(22)13-4-2-3-5-14(13)18(16)23/h2-9,22H,1H3. The molecule has 3 rings (SSSR count). The van der Waals surface area contributed by atoms with Crippen molar-refractivity contribution in [2.75, 3.05) is 7.11 Å². The van der Waals surface area contributed by atoms with E-state index in [9.17, 15) is 20.0 Å². The normalized spacial score (nSPS) is 13.4. The zero-order chi connectivity index (χ0) is 18.0. The number of fused-ring (bicyclic) bond motifs is 1. The molecular weight excluding hydrogens is 320 g/mol. The van der Waals surface area contributed by atoms with Crippen LogP contribution in [0, 0.1) is 11.3 Å². The minimum Gasteiger partial charge on any atom is -0.506 e. The van der Waals surface area contributed by atoms with E-state index in [4.69, 9.17) is 0 Å². The maximum atomic E-state index is 12.5. The summed E-state index contributed by atoms with van der Waals surface area (Å²) >= 11 is 0. The van der Waals surface area contributed by atoms with Gasteiger partial charge < -0.3 is 9.84 Å². The van der Waals surface area contributed by atoms with Crippen LogP contribution in [0.15, 0.2) is 59.1 Å². The average Bonchev–Trinajstić information content (AvgIpc) is 2.91. The Balaban J connectivity index is 2.00. The monoisotopic (exact) mass is 332 g/mol. The van der Waals surface area contributed by atoms with Crippen LogP contribution < -0.4 is 0 Å². The van der Waals surface area contributed by atoms with Gasteiger partial charge in [0.15, 0.2) is 11.5 Å². The molecule has 0 unspecified atom stereocenters. The van der Waals surface area contributed by atoms with Gasteiger partial charge in [-0.3, -0.25) is 4.79 Å². The van der Waals surface area contributed by atoms with Crippen LogP contribution in [0.2, 0.25) is 0 Å². The molecule has 0 radical (unpaired) electrons. The summed E-state index contributed by atoms with van der Waals surface area (Å²) in [6.07, 6.45) is 0. The molecule has 6 nitrogen and oxygen atoms in total. The van der Waals surface area contributed by atoms with Gasteiger partial charge in [-0.25, -0.2) is 9.79 Å². The van der Waals surface area contributed by atoms with Crippen LogP contribution in [0.1, 0.15) is 26.3 Å². The second-order valence-corrected chi connectivity index (χ2v) is 5.21. The van der Waals surface area contributed by atoms with Gasteiger partial charge in [-0.15, -0.1) is 0 Å². The molecule has 1 aliphatic carbocycles. The van der Waals surface area contributed by atoms with E-state index >= 15 is 0 Å². The fourth-order valence-corrected chi connectivity index (χ4v) is 2.54. The summed E-state index contributed by atoms with van der Waals surface area (Å²) in [7, 11) is 1.28. The van der Waals surface area contributed by atoms with E-state index in [1.807, 2.05) is 6.07 Å². The number of nitriles is 1. The molecule has 122 valence electrons. The Labute approximate surface area is 143 Å². The Morgan fingerprint density at radius 2 is 1.76 bits per heavy atom. The molecule has 0 spiro atoms. The first-order valence-corrected chi connectivity index (χ1v) is 7.31. The highest BCUT2D eigenvalue weighted by molar-refractivity contribution is 6.39. The lowest BCUT2D eigenvalue weighted by Crippen LogP contribution is -2.09. The van der Waals surface area contributed by atoms with Crippen molar-refractivity contribution in [3.05, 3.63) is 70.8 Å². The third kappa shape index (κ3) is 2.79. The second-order valence-electron chi connectivity index (χ2n) is 5.21. The highest BCUT2D eigenvalue weighted by atomic mass is 16.5. The maximum absolute atomic E-state index is 12.5. The molecule has 0 bridgehead atoms.